The van der Waals surface area contributed by atoms with E-state index >= 15 is 0 Å². The average Bonchev–Trinajstić information content (AvgIpc) is 3.46. The first-order valence-corrected chi connectivity index (χ1v) is 13.6. The second-order valence-electron chi connectivity index (χ2n) is 8.58. The monoisotopic (exact) mass is 499 g/mol. The Morgan fingerprint density at radius 1 is 1.03 bits per heavy atom. The van der Waals surface area contributed by atoms with Gasteiger partial charge in [0.25, 0.3) is 11.8 Å². The fourth-order valence-electron chi connectivity index (χ4n) is 4.49. The zero-order chi connectivity index (χ0) is 24.0. The number of amides is 2. The van der Waals surface area contributed by atoms with Gasteiger partial charge in [0.05, 0.1) is 17.7 Å². The van der Waals surface area contributed by atoms with Crippen molar-refractivity contribution in [2.24, 2.45) is 0 Å². The van der Waals surface area contributed by atoms with Crippen molar-refractivity contribution < 1.29 is 24.0 Å². The highest BCUT2D eigenvalue weighted by molar-refractivity contribution is 7.59. The van der Waals surface area contributed by atoms with Crippen LogP contribution in [0.4, 0.5) is 0 Å². The molecule has 0 saturated carbocycles. The minimum atomic E-state index is -3.05. The number of thiophene rings is 1. The Morgan fingerprint density at radius 3 is 2.32 bits per heavy atom. The van der Waals surface area contributed by atoms with Crippen LogP contribution in [-0.2, 0) is 4.57 Å². The highest BCUT2D eigenvalue weighted by atomic mass is 32.1. The Morgan fingerprint density at radius 2 is 1.68 bits per heavy atom. The molecule has 10 heteroatoms. The first-order valence-electron chi connectivity index (χ1n) is 11.1. The Hall–Kier alpha value is -2.55. The molecule has 8 nitrogen and oxygen atoms in total. The van der Waals surface area contributed by atoms with Gasteiger partial charge in [0, 0.05) is 29.2 Å². The normalized spacial score (nSPS) is 19.2. The maximum atomic E-state index is 13.5. The molecule has 178 valence electrons. The molecule has 3 heterocycles. The van der Waals surface area contributed by atoms with E-state index in [4.69, 9.17) is 4.74 Å². The van der Waals surface area contributed by atoms with E-state index in [1.165, 1.54) is 16.2 Å². The molecule has 2 amide bonds. The van der Waals surface area contributed by atoms with E-state index < -0.39 is 13.3 Å². The molecule has 1 aromatic heterocycles. The maximum absolute atomic E-state index is 13.5. The first-order chi connectivity index (χ1) is 16.3. The molecule has 1 fully saturated rings. The summed E-state index contributed by atoms with van der Waals surface area (Å²) in [5.41, 5.74) is 0.901. The Bertz CT molecular complexity index is 1280. The molecule has 2 aliphatic heterocycles. The molecule has 0 bridgehead atoms. The van der Waals surface area contributed by atoms with Crippen molar-refractivity contribution in [3.63, 3.8) is 0 Å². The summed E-state index contributed by atoms with van der Waals surface area (Å²) in [7, 11) is 0.518. The highest BCUT2D eigenvalue weighted by Crippen LogP contribution is 2.65. The van der Waals surface area contributed by atoms with Crippen LogP contribution in [-0.4, -0.2) is 71.5 Å². The van der Waals surface area contributed by atoms with E-state index in [2.05, 4.69) is 0 Å². The van der Waals surface area contributed by atoms with E-state index in [1.54, 1.807) is 47.7 Å². The molecule has 0 spiro atoms. The fourth-order valence-corrected chi connectivity index (χ4v) is 8.40. The van der Waals surface area contributed by atoms with Gasteiger partial charge in [0.15, 0.2) is 5.85 Å². The summed E-state index contributed by atoms with van der Waals surface area (Å²) in [6.45, 7) is 1.96. The van der Waals surface area contributed by atoms with E-state index in [9.17, 15) is 19.3 Å². The molecule has 5 rings (SSSR count). The summed E-state index contributed by atoms with van der Waals surface area (Å²) in [4.78, 5) is 26.8. The lowest BCUT2D eigenvalue weighted by atomic mass is 10.1. The smallest absolute Gasteiger partial charge is 0.261 e. The van der Waals surface area contributed by atoms with Gasteiger partial charge in [-0.2, -0.15) is 0 Å². The van der Waals surface area contributed by atoms with E-state index in [0.29, 0.717) is 54.4 Å². The third-order valence-electron chi connectivity index (χ3n) is 6.48. The van der Waals surface area contributed by atoms with E-state index in [1.807, 2.05) is 24.3 Å². The quantitative estimate of drug-likeness (QED) is 0.298. The van der Waals surface area contributed by atoms with Gasteiger partial charge in [0.2, 0.25) is 7.44 Å². The second-order valence-corrected chi connectivity index (χ2v) is 12.7. The Balaban J connectivity index is 1.22. The van der Waals surface area contributed by atoms with Crippen LogP contribution in [0.3, 0.4) is 0 Å². The Kier molecular flexibility index (Phi) is 6.08. The number of nitrogens with zero attached hydrogens (tertiary/aromatic N) is 3. The van der Waals surface area contributed by atoms with Gasteiger partial charge in [-0.05, 0) is 62.3 Å². The van der Waals surface area contributed by atoms with Crippen molar-refractivity contribution in [2.45, 2.75) is 12.3 Å². The number of hydrogen-bond acceptors (Lipinski definition) is 6. The van der Waals surface area contributed by atoms with Crippen LogP contribution in [0, 0.1) is 0 Å². The van der Waals surface area contributed by atoms with Crippen molar-refractivity contribution in [2.75, 3.05) is 40.3 Å². The third-order valence-corrected chi connectivity index (χ3v) is 11.1. The number of carbonyl (C=O) groups is 2. The standard InChI is InChI=1S/C24H26N3O5PS/c1-25-11-12-26(2)33(25,31)24(30)21-15-16-14-17(8-9-20(16)34-21)32-13-5-10-27-22(28)18-6-3-4-7-19(18)23(27)29/h3-4,6-9,14-15,24,30H,5,10-13H2,1-2H3. The molecule has 0 aliphatic carbocycles. The molecule has 34 heavy (non-hydrogen) atoms. The number of imide groups is 1. The van der Waals surface area contributed by atoms with Gasteiger partial charge < -0.3 is 9.84 Å². The molecule has 1 unspecified atom stereocenters. The third kappa shape index (κ3) is 3.78. The molecular formula is C24H26N3O5PS. The van der Waals surface area contributed by atoms with Gasteiger partial charge in [0.1, 0.15) is 5.75 Å². The topological polar surface area (TPSA) is 90.4 Å². The number of carbonyl (C=O) groups excluding carboxylic acids is 2. The lowest BCUT2D eigenvalue weighted by Crippen LogP contribution is -2.31. The largest absolute Gasteiger partial charge is 0.494 e. The molecule has 1 saturated heterocycles. The van der Waals surface area contributed by atoms with Crippen LogP contribution in [0.2, 0.25) is 0 Å². The zero-order valence-corrected chi connectivity index (χ0v) is 20.7. The molecule has 2 aromatic carbocycles. The molecule has 3 aromatic rings. The predicted molar refractivity (Wildman–Crippen MR) is 132 cm³/mol. The summed E-state index contributed by atoms with van der Waals surface area (Å²) in [6.07, 6.45) is 0.513. The van der Waals surface area contributed by atoms with Crippen LogP contribution < -0.4 is 4.74 Å². The fraction of sp³-hybridized carbons (Fsp3) is 0.333. The minimum absolute atomic E-state index is 0.260. The van der Waals surface area contributed by atoms with Gasteiger partial charge in [-0.1, -0.05) is 12.1 Å². The van der Waals surface area contributed by atoms with E-state index in [0.717, 1.165) is 10.1 Å². The van der Waals surface area contributed by atoms with Crippen LogP contribution in [0.5, 0.6) is 5.75 Å². The van der Waals surface area contributed by atoms with Crippen LogP contribution in [0.25, 0.3) is 10.1 Å². The zero-order valence-electron chi connectivity index (χ0n) is 19.0. The van der Waals surface area contributed by atoms with Gasteiger partial charge in [-0.15, -0.1) is 11.3 Å². The average molecular weight is 500 g/mol. The summed E-state index contributed by atoms with van der Waals surface area (Å²) >= 11 is 1.43. The van der Waals surface area contributed by atoms with Crippen molar-refractivity contribution in [3.05, 3.63) is 64.5 Å². The number of ether oxygens (including phenoxy) is 1. The van der Waals surface area contributed by atoms with Crippen molar-refractivity contribution in [3.8, 4) is 5.75 Å². The van der Waals surface area contributed by atoms with Crippen molar-refractivity contribution in [1.82, 2.24) is 14.2 Å². The number of aliphatic hydroxyl groups excluding tert-OH is 1. The number of rotatable bonds is 7. The molecule has 2 aliphatic rings. The molecule has 1 N–H and O–H groups in total. The number of fused-ring (bicyclic) bond motifs is 2. The van der Waals surface area contributed by atoms with E-state index in [-0.39, 0.29) is 11.8 Å². The van der Waals surface area contributed by atoms with Gasteiger partial charge >= 0.3 is 0 Å². The number of aliphatic hydroxyl groups is 1. The predicted octanol–water partition coefficient (Wildman–Crippen LogP) is 4.03. The van der Waals surface area contributed by atoms with Gasteiger partial charge in [-0.25, -0.2) is 9.34 Å². The number of hydrogen-bond donors (Lipinski definition) is 1. The van der Waals surface area contributed by atoms with Crippen LogP contribution in [0.15, 0.2) is 48.5 Å². The first kappa shape index (κ1) is 23.2. The number of benzene rings is 2. The Labute approximate surface area is 201 Å². The minimum Gasteiger partial charge on any atom is -0.494 e. The van der Waals surface area contributed by atoms with Gasteiger partial charge in [-0.3, -0.25) is 19.1 Å². The highest BCUT2D eigenvalue weighted by Gasteiger charge is 2.45. The molecule has 1 atom stereocenters. The van der Waals surface area contributed by atoms with Crippen LogP contribution >= 0.6 is 18.8 Å². The summed E-state index contributed by atoms with van der Waals surface area (Å²) in [6, 6.07) is 14.4. The SMILES string of the molecule is CN1CCN(C)P1(=O)C(O)c1cc2cc(OCCCN3C(=O)c4ccccc4C3=O)ccc2s1. The lowest BCUT2D eigenvalue weighted by Gasteiger charge is -2.29. The lowest BCUT2D eigenvalue weighted by molar-refractivity contribution is 0.0646. The second kappa shape index (κ2) is 8.91. The maximum Gasteiger partial charge on any atom is 0.261 e. The summed E-state index contributed by atoms with van der Waals surface area (Å²) < 4.78 is 23.8. The summed E-state index contributed by atoms with van der Waals surface area (Å²) in [5, 5.41) is 11.9. The molecule has 0 radical (unpaired) electrons. The van der Waals surface area contributed by atoms with Crippen molar-refractivity contribution in [1.29, 1.82) is 0 Å². The van der Waals surface area contributed by atoms with Crippen LogP contribution in [0.1, 0.15) is 37.9 Å². The number of likely N-dealkylation sites (N-methyl/N-ethyl adjacent to an activating group) is 2. The van der Waals surface area contributed by atoms with Crippen molar-refractivity contribution >= 4 is 40.7 Å². The molecular weight excluding hydrogens is 473 g/mol. The summed E-state index contributed by atoms with van der Waals surface area (Å²) in [5.74, 6) is -0.922.